The van der Waals surface area contributed by atoms with E-state index >= 15 is 0 Å². The fourth-order valence-electron chi connectivity index (χ4n) is 6.05. The normalized spacial score (nSPS) is 11.5. The standard InChI is InChI=1S/C41H58O4/c1-2-3-4-5-6-7-8-9-10-11-12-13-14-15-25-32-40(42)44-35-33-43-34-36-45-41(37-26-19-16-20-27-37,38-28-21-17-22-29-38)39-30-23-18-24-31-39/h16-24,26-31H,2-15,25,32-36H2,1H3. The number of ether oxygens (including phenoxy) is 3. The fraction of sp³-hybridized carbons (Fsp3) is 0.537. The molecular weight excluding hydrogens is 556 g/mol. The van der Waals surface area contributed by atoms with E-state index in [9.17, 15) is 4.79 Å². The molecule has 0 unspecified atom stereocenters. The Balaban J connectivity index is 1.25. The molecule has 0 saturated carbocycles. The summed E-state index contributed by atoms with van der Waals surface area (Å²) in [6.07, 6.45) is 20.3. The van der Waals surface area contributed by atoms with Crippen LogP contribution in [0.3, 0.4) is 0 Å². The summed E-state index contributed by atoms with van der Waals surface area (Å²) in [6, 6.07) is 31.0. The molecule has 0 aliphatic carbocycles. The molecule has 0 radical (unpaired) electrons. The molecule has 0 aliphatic heterocycles. The van der Waals surface area contributed by atoms with Gasteiger partial charge in [0, 0.05) is 6.42 Å². The van der Waals surface area contributed by atoms with Crippen molar-refractivity contribution in [3.8, 4) is 0 Å². The van der Waals surface area contributed by atoms with Gasteiger partial charge in [0.15, 0.2) is 0 Å². The van der Waals surface area contributed by atoms with E-state index in [0.29, 0.717) is 26.2 Å². The predicted octanol–water partition coefficient (Wildman–Crippen LogP) is 10.8. The molecule has 0 saturated heterocycles. The van der Waals surface area contributed by atoms with Crippen LogP contribution in [0.25, 0.3) is 0 Å². The third kappa shape index (κ3) is 13.9. The largest absolute Gasteiger partial charge is 0.463 e. The maximum absolute atomic E-state index is 12.2. The van der Waals surface area contributed by atoms with Gasteiger partial charge in [0.1, 0.15) is 12.2 Å². The molecule has 0 spiro atoms. The fourth-order valence-corrected chi connectivity index (χ4v) is 6.05. The first-order valence-corrected chi connectivity index (χ1v) is 17.8. The molecule has 0 aliphatic rings. The zero-order valence-corrected chi connectivity index (χ0v) is 27.9. The van der Waals surface area contributed by atoms with Crippen LogP contribution in [0.15, 0.2) is 91.0 Å². The molecule has 0 atom stereocenters. The van der Waals surface area contributed by atoms with Gasteiger partial charge in [-0.1, -0.05) is 188 Å². The van der Waals surface area contributed by atoms with E-state index in [1.807, 2.05) is 54.6 Å². The molecule has 246 valence electrons. The molecule has 0 aromatic heterocycles. The third-order valence-corrected chi connectivity index (χ3v) is 8.56. The van der Waals surface area contributed by atoms with Gasteiger partial charge in [0.25, 0.3) is 0 Å². The van der Waals surface area contributed by atoms with E-state index < -0.39 is 5.60 Å². The summed E-state index contributed by atoms with van der Waals surface area (Å²) in [5, 5.41) is 0. The average Bonchev–Trinajstić information content (AvgIpc) is 3.09. The van der Waals surface area contributed by atoms with Crippen molar-refractivity contribution in [2.24, 2.45) is 0 Å². The van der Waals surface area contributed by atoms with E-state index in [0.717, 1.165) is 29.5 Å². The first-order chi connectivity index (χ1) is 22.3. The summed E-state index contributed by atoms with van der Waals surface area (Å²) < 4.78 is 17.9. The summed E-state index contributed by atoms with van der Waals surface area (Å²) in [7, 11) is 0. The monoisotopic (exact) mass is 614 g/mol. The van der Waals surface area contributed by atoms with Crippen LogP contribution in [0, 0.1) is 0 Å². The van der Waals surface area contributed by atoms with E-state index in [1.165, 1.54) is 83.5 Å². The predicted molar refractivity (Wildman–Crippen MR) is 186 cm³/mol. The summed E-state index contributed by atoms with van der Waals surface area (Å²) in [4.78, 5) is 12.2. The Morgan fingerprint density at radius 3 is 1.29 bits per heavy atom. The lowest BCUT2D eigenvalue weighted by Crippen LogP contribution is -2.34. The molecule has 3 rings (SSSR count). The Bertz CT molecular complexity index is 1020. The quantitative estimate of drug-likeness (QED) is 0.0513. The number of unbranched alkanes of at least 4 members (excludes halogenated alkanes) is 14. The van der Waals surface area contributed by atoms with Crippen molar-refractivity contribution in [3.63, 3.8) is 0 Å². The maximum atomic E-state index is 12.2. The lowest BCUT2D eigenvalue weighted by Gasteiger charge is -2.36. The van der Waals surface area contributed by atoms with Crippen molar-refractivity contribution in [1.29, 1.82) is 0 Å². The Labute approximate surface area is 273 Å². The van der Waals surface area contributed by atoms with Crippen molar-refractivity contribution in [2.45, 2.75) is 115 Å². The number of benzene rings is 3. The lowest BCUT2D eigenvalue weighted by atomic mass is 9.80. The molecule has 3 aromatic rings. The Hall–Kier alpha value is -2.95. The second kappa shape index (κ2) is 23.4. The highest BCUT2D eigenvalue weighted by atomic mass is 16.6. The minimum Gasteiger partial charge on any atom is -0.463 e. The molecule has 0 N–H and O–H groups in total. The van der Waals surface area contributed by atoms with Crippen molar-refractivity contribution in [2.75, 3.05) is 26.4 Å². The van der Waals surface area contributed by atoms with Gasteiger partial charge in [-0.25, -0.2) is 0 Å². The van der Waals surface area contributed by atoms with Crippen LogP contribution in [0.1, 0.15) is 126 Å². The number of hydrogen-bond acceptors (Lipinski definition) is 4. The number of hydrogen-bond donors (Lipinski definition) is 0. The van der Waals surface area contributed by atoms with E-state index in [4.69, 9.17) is 14.2 Å². The summed E-state index contributed by atoms with van der Waals surface area (Å²) in [5.74, 6) is -0.124. The van der Waals surface area contributed by atoms with Gasteiger partial charge in [-0.05, 0) is 23.1 Å². The van der Waals surface area contributed by atoms with E-state index in [1.54, 1.807) is 0 Å². The van der Waals surface area contributed by atoms with Crippen LogP contribution in [0.2, 0.25) is 0 Å². The maximum Gasteiger partial charge on any atom is 0.305 e. The van der Waals surface area contributed by atoms with Crippen LogP contribution in [0.5, 0.6) is 0 Å². The topological polar surface area (TPSA) is 44.8 Å². The van der Waals surface area contributed by atoms with Crippen LogP contribution in [-0.4, -0.2) is 32.4 Å². The van der Waals surface area contributed by atoms with Gasteiger partial charge in [-0.15, -0.1) is 0 Å². The SMILES string of the molecule is CCCCCCCCCCCCCCCCCC(=O)OCCOCCOC(c1ccccc1)(c1ccccc1)c1ccccc1. The summed E-state index contributed by atoms with van der Waals surface area (Å²) >= 11 is 0. The molecular formula is C41H58O4. The zero-order valence-electron chi connectivity index (χ0n) is 27.9. The van der Waals surface area contributed by atoms with Gasteiger partial charge in [0.2, 0.25) is 0 Å². The van der Waals surface area contributed by atoms with Gasteiger partial charge in [0.05, 0.1) is 19.8 Å². The molecule has 45 heavy (non-hydrogen) atoms. The van der Waals surface area contributed by atoms with Gasteiger partial charge >= 0.3 is 5.97 Å². The highest BCUT2D eigenvalue weighted by molar-refractivity contribution is 5.69. The molecule has 0 heterocycles. The number of carbonyl (C=O) groups is 1. The van der Waals surface area contributed by atoms with Gasteiger partial charge < -0.3 is 14.2 Å². The molecule has 3 aromatic carbocycles. The first kappa shape index (κ1) is 36.5. The minimum absolute atomic E-state index is 0.124. The van der Waals surface area contributed by atoms with Crippen LogP contribution >= 0.6 is 0 Å². The first-order valence-electron chi connectivity index (χ1n) is 17.8. The highest BCUT2D eigenvalue weighted by Crippen LogP contribution is 2.40. The summed E-state index contributed by atoms with van der Waals surface area (Å²) in [5.41, 5.74) is 2.44. The number of rotatable bonds is 26. The van der Waals surface area contributed by atoms with Gasteiger partial charge in [-0.2, -0.15) is 0 Å². The van der Waals surface area contributed by atoms with Crippen LogP contribution in [0.4, 0.5) is 0 Å². The smallest absolute Gasteiger partial charge is 0.305 e. The molecule has 0 amide bonds. The second-order valence-electron chi connectivity index (χ2n) is 12.2. The Morgan fingerprint density at radius 2 is 0.867 bits per heavy atom. The van der Waals surface area contributed by atoms with Crippen molar-refractivity contribution in [3.05, 3.63) is 108 Å². The highest BCUT2D eigenvalue weighted by Gasteiger charge is 2.37. The van der Waals surface area contributed by atoms with Crippen molar-refractivity contribution < 1.29 is 19.0 Å². The Kier molecular flexibility index (Phi) is 19.0. The van der Waals surface area contributed by atoms with E-state index in [2.05, 4.69) is 43.3 Å². The van der Waals surface area contributed by atoms with Crippen molar-refractivity contribution in [1.82, 2.24) is 0 Å². The average molecular weight is 615 g/mol. The van der Waals surface area contributed by atoms with Gasteiger partial charge in [-0.3, -0.25) is 4.79 Å². The summed E-state index contributed by atoms with van der Waals surface area (Å²) in [6.45, 7) is 3.72. The lowest BCUT2D eigenvalue weighted by molar-refractivity contribution is -0.145. The molecule has 4 heteroatoms. The van der Waals surface area contributed by atoms with Crippen LogP contribution in [-0.2, 0) is 24.6 Å². The third-order valence-electron chi connectivity index (χ3n) is 8.56. The molecule has 0 bridgehead atoms. The number of carbonyl (C=O) groups excluding carboxylic acids is 1. The zero-order chi connectivity index (χ0) is 31.7. The van der Waals surface area contributed by atoms with Crippen LogP contribution < -0.4 is 0 Å². The van der Waals surface area contributed by atoms with Crippen molar-refractivity contribution >= 4 is 5.97 Å². The molecule has 4 nitrogen and oxygen atoms in total. The minimum atomic E-state index is -0.757. The Morgan fingerprint density at radius 1 is 0.489 bits per heavy atom. The second-order valence-corrected chi connectivity index (χ2v) is 12.2. The van der Waals surface area contributed by atoms with E-state index in [-0.39, 0.29) is 12.6 Å². The molecule has 0 fully saturated rings. The number of esters is 1.